The molecule has 1 unspecified atom stereocenters. The molecular weight excluding hydrogens is 351 g/mol. The second kappa shape index (κ2) is 36.3. The van der Waals surface area contributed by atoms with Crippen molar-refractivity contribution in [3.8, 4) is 0 Å². The summed E-state index contributed by atoms with van der Waals surface area (Å²) in [6.45, 7) is 1.13. The summed E-state index contributed by atoms with van der Waals surface area (Å²) in [5, 5.41) is 17.3. The summed E-state index contributed by atoms with van der Waals surface area (Å²) < 4.78 is 4.83. The molecule has 0 aromatic heterocycles. The Hall–Kier alpha value is 5.49. The summed E-state index contributed by atoms with van der Waals surface area (Å²) >= 11 is -0.396. The standard InChI is InChI=1S/C3H6O3.Ca.4ClH.K.2Na/c1-2(4)3(5)6;;;;;;;;/h2,4H,1H3,(H,5,6);;4*1H;;;/q;+2;;;;;3*+1/p-5. The Kier molecular flexibility index (Phi) is 94.8. The molecule has 0 fully saturated rings. The zero-order valence-electron chi connectivity index (χ0n) is 8.56. The van der Waals surface area contributed by atoms with Gasteiger partial charge in [0.15, 0.2) is 0 Å². The van der Waals surface area contributed by atoms with Gasteiger partial charge in [-0.1, -0.05) is 0 Å². The average molecular weight is 356 g/mol. The molecule has 0 spiro atoms. The van der Waals surface area contributed by atoms with E-state index < -0.39 is 42.9 Å². The number of carbonyl (C=O) groups is 1. The van der Waals surface area contributed by atoms with Crippen molar-refractivity contribution in [2.75, 3.05) is 0 Å². The molecule has 3 nitrogen and oxygen atoms in total. The fourth-order valence-electron chi connectivity index (χ4n) is 0. The Morgan fingerprint density at radius 2 is 1.50 bits per heavy atom. The van der Waals surface area contributed by atoms with Gasteiger partial charge >= 0.3 is 154 Å². The van der Waals surface area contributed by atoms with Crippen LogP contribution in [-0.2, 0) is 4.79 Å². The van der Waals surface area contributed by atoms with Crippen molar-refractivity contribution < 1.29 is 86.5 Å². The molecule has 0 aliphatic carbocycles. The van der Waals surface area contributed by atoms with Crippen molar-refractivity contribution in [2.24, 2.45) is 0 Å². The smallest absolute Gasteiger partial charge is 1.00 e. The van der Waals surface area contributed by atoms with Gasteiger partial charge in [-0.3, -0.25) is 0 Å². The molecule has 0 rings (SSSR count). The Labute approximate surface area is 194 Å². The van der Waals surface area contributed by atoms with Gasteiger partial charge in [0.2, 0.25) is 0 Å². The van der Waals surface area contributed by atoms with Crippen LogP contribution in [0.4, 0.5) is 0 Å². The zero-order chi connectivity index (χ0) is 9.86. The number of hydrogen-bond donors (Lipinski definition) is 1. The maximum Gasteiger partial charge on any atom is 1.00 e. The van der Waals surface area contributed by atoms with E-state index >= 15 is 0 Å². The third-order valence-electron chi connectivity index (χ3n) is 0.341. The molecule has 0 aliphatic heterocycles. The molecule has 68 valence electrons. The molecule has 0 saturated carbocycles. The van der Waals surface area contributed by atoms with E-state index in [1.807, 2.05) is 0 Å². The Balaban J connectivity index is -0.0000000178. The van der Waals surface area contributed by atoms with E-state index in [1.165, 1.54) is 0 Å². The van der Waals surface area contributed by atoms with Crippen LogP contribution in [0.5, 0.6) is 0 Å². The molecule has 0 amide bonds. The van der Waals surface area contributed by atoms with Crippen LogP contribution in [0.2, 0.25) is 0 Å². The molecule has 14 heavy (non-hydrogen) atoms. The molecule has 0 aromatic rings. The monoisotopic (exact) mass is 354 g/mol. The number of halogens is 4. The topological polar surface area (TPSA) is 60.4 Å². The zero-order valence-corrected chi connectivity index (χ0v) is 20.9. The third kappa shape index (κ3) is 52.8. The number of aliphatic hydroxyl groups is 1. The summed E-state index contributed by atoms with van der Waals surface area (Å²) in [4.78, 5) is 9.34. The molecule has 1 N–H and O–H groups in total. The van der Waals surface area contributed by atoms with Gasteiger partial charge in [0.25, 0.3) is 0 Å². The predicted molar refractivity (Wildman–Crippen MR) is 45.8 cm³/mol. The SMILES string of the molecule is CC(O)C(=O)[O-].[Cl-].[Cl][Ca][Cl].[Cl][K].[Na+].[Na+]. The van der Waals surface area contributed by atoms with Gasteiger partial charge in [-0.2, -0.15) is 0 Å². The fourth-order valence-corrected chi connectivity index (χ4v) is 0. The molecule has 0 aliphatic rings. The van der Waals surface area contributed by atoms with Crippen LogP contribution in [0.25, 0.3) is 0 Å². The summed E-state index contributed by atoms with van der Waals surface area (Å²) in [5.74, 6) is -1.44. The second-order valence-corrected chi connectivity index (χ2v) is 4.74. The first-order valence-electron chi connectivity index (χ1n) is 2.44. The maximum atomic E-state index is 9.34. The molecule has 0 saturated heterocycles. The van der Waals surface area contributed by atoms with Crippen molar-refractivity contribution in [1.29, 1.82) is 0 Å². The molecule has 11 heteroatoms. The van der Waals surface area contributed by atoms with Crippen LogP contribution < -0.4 is 76.6 Å². The number of carboxylic acids is 1. The quantitative estimate of drug-likeness (QED) is 0.475. The van der Waals surface area contributed by atoms with Gasteiger partial charge in [0.1, 0.15) is 0 Å². The molecule has 0 bridgehead atoms. The number of carbonyl (C=O) groups excluding carboxylic acids is 1. The number of hydrogen-bond acceptors (Lipinski definition) is 3. The van der Waals surface area contributed by atoms with Gasteiger partial charge in [-0.25, -0.2) is 0 Å². The van der Waals surface area contributed by atoms with Crippen LogP contribution in [0.15, 0.2) is 0 Å². The number of aliphatic carboxylic acids is 1. The maximum absolute atomic E-state index is 9.34. The minimum absolute atomic E-state index is 0. The predicted octanol–water partition coefficient (Wildman–Crippen LogP) is -9.56. The van der Waals surface area contributed by atoms with Crippen LogP contribution in [0.3, 0.4) is 0 Å². The minimum atomic E-state index is -1.44. The van der Waals surface area contributed by atoms with Crippen LogP contribution in [-0.4, -0.2) is 95.2 Å². The van der Waals surface area contributed by atoms with Crippen molar-refractivity contribution in [1.82, 2.24) is 0 Å². The van der Waals surface area contributed by atoms with Crippen molar-refractivity contribution in [3.05, 3.63) is 0 Å². The van der Waals surface area contributed by atoms with E-state index in [-0.39, 0.29) is 71.5 Å². The first-order valence-corrected chi connectivity index (χ1v) is 12.8. The fraction of sp³-hybridized carbons (Fsp3) is 0.667. The van der Waals surface area contributed by atoms with E-state index in [0.717, 1.165) is 6.92 Å². The Bertz CT molecular complexity index is 94.2. The van der Waals surface area contributed by atoms with E-state index in [1.54, 1.807) is 0 Å². The van der Waals surface area contributed by atoms with Gasteiger partial charge in [-0.05, 0) is 6.92 Å². The van der Waals surface area contributed by atoms with Crippen LogP contribution in [0, 0.1) is 0 Å². The van der Waals surface area contributed by atoms with Crippen LogP contribution in [0.1, 0.15) is 6.92 Å². The van der Waals surface area contributed by atoms with Crippen molar-refractivity contribution >= 4 is 100 Å². The van der Waals surface area contributed by atoms with E-state index in [2.05, 4.69) is 0 Å². The summed E-state index contributed by atoms with van der Waals surface area (Å²) in [6, 6.07) is 0. The first-order chi connectivity index (χ1) is 5.06. The number of rotatable bonds is 1. The normalized spacial score (nSPS) is 7.07. The van der Waals surface area contributed by atoms with Crippen molar-refractivity contribution in [3.63, 3.8) is 0 Å². The minimum Gasteiger partial charge on any atom is 1.00 e. The summed E-state index contributed by atoms with van der Waals surface area (Å²) in [5.41, 5.74) is 0. The Morgan fingerprint density at radius 1 is 1.43 bits per heavy atom. The first kappa shape index (κ1) is 36.6. The molecular formula is C3H5CaCl4KNa2O3. The van der Waals surface area contributed by atoms with Gasteiger partial charge in [-0.15, -0.1) is 0 Å². The van der Waals surface area contributed by atoms with Crippen molar-refractivity contribution in [2.45, 2.75) is 13.0 Å². The molecule has 1 atom stereocenters. The average Bonchev–Trinajstić information content (AvgIpc) is 1.93. The summed E-state index contributed by atoms with van der Waals surface area (Å²) in [6.07, 6.45) is 8.56. The third-order valence-corrected chi connectivity index (χ3v) is 0.341. The number of aliphatic hydroxyl groups excluding tert-OH is 1. The van der Waals surface area contributed by atoms with E-state index in [4.69, 9.17) is 21.6 Å². The molecule has 0 radical (unpaired) electrons. The second-order valence-electron chi connectivity index (χ2n) is 1.10. The molecule has 0 aromatic carbocycles. The molecule has 0 heterocycles. The van der Waals surface area contributed by atoms with Gasteiger partial charge in [0, 0.05) is 0 Å². The Morgan fingerprint density at radius 3 is 1.50 bits per heavy atom. The van der Waals surface area contributed by atoms with Gasteiger partial charge < -0.3 is 27.4 Å². The van der Waals surface area contributed by atoms with E-state index in [0.29, 0.717) is 47.1 Å². The largest absolute Gasteiger partial charge is 1.00 e. The summed E-state index contributed by atoms with van der Waals surface area (Å²) in [7, 11) is 0. The number of carboxylic acid groups (broad SMARTS) is 1. The van der Waals surface area contributed by atoms with E-state index in [9.17, 15) is 9.90 Å². The van der Waals surface area contributed by atoms with Crippen LogP contribution >= 0.6 is 16.5 Å². The van der Waals surface area contributed by atoms with Gasteiger partial charge in [0.05, 0.1) is 12.1 Å².